The van der Waals surface area contributed by atoms with Crippen molar-refractivity contribution in [2.24, 2.45) is 5.92 Å². The van der Waals surface area contributed by atoms with Crippen LogP contribution in [0.25, 0.3) is 0 Å². The van der Waals surface area contributed by atoms with Crippen molar-refractivity contribution in [2.75, 3.05) is 22.9 Å². The molecule has 1 fully saturated rings. The van der Waals surface area contributed by atoms with E-state index < -0.39 is 0 Å². The highest BCUT2D eigenvalue weighted by atomic mass is 16.2. The minimum absolute atomic E-state index is 0.00366. The lowest BCUT2D eigenvalue weighted by Crippen LogP contribution is -2.36. The van der Waals surface area contributed by atoms with E-state index in [9.17, 15) is 9.59 Å². The maximum absolute atomic E-state index is 13.3. The third-order valence-corrected chi connectivity index (χ3v) is 6.20. The van der Waals surface area contributed by atoms with Crippen molar-refractivity contribution in [3.8, 4) is 6.07 Å². The lowest BCUT2D eigenvalue weighted by atomic mass is 10.0. The lowest BCUT2D eigenvalue weighted by molar-refractivity contribution is -0.124. The van der Waals surface area contributed by atoms with Gasteiger partial charge in [0.25, 0.3) is 0 Å². The molecule has 0 bridgehead atoms. The van der Waals surface area contributed by atoms with Crippen molar-refractivity contribution in [1.29, 1.82) is 5.26 Å². The molecule has 6 heteroatoms. The van der Waals surface area contributed by atoms with E-state index in [1.807, 2.05) is 23.2 Å². The fourth-order valence-electron chi connectivity index (χ4n) is 4.62. The molecule has 0 N–H and O–H groups in total. The van der Waals surface area contributed by atoms with Gasteiger partial charge >= 0.3 is 0 Å². The smallest absolute Gasteiger partial charge is 0.232 e. The summed E-state index contributed by atoms with van der Waals surface area (Å²) in [7, 11) is 0. The minimum Gasteiger partial charge on any atom is -0.312 e. The molecule has 3 heterocycles. The Morgan fingerprint density at radius 1 is 1.12 bits per heavy atom. The molecule has 0 saturated carbocycles. The number of nitriles is 1. The molecule has 0 radical (unpaired) electrons. The molecular formula is C26H22N4O2. The number of pyridine rings is 1. The third kappa shape index (κ3) is 3.74. The number of fused-ring (bicyclic) bond motifs is 1. The largest absolute Gasteiger partial charge is 0.312 e. The molecule has 1 saturated heterocycles. The Bertz CT molecular complexity index is 1230. The molecule has 2 amide bonds. The van der Waals surface area contributed by atoms with Crippen LogP contribution in [0.3, 0.4) is 0 Å². The number of anilines is 2. The van der Waals surface area contributed by atoms with Gasteiger partial charge in [-0.05, 0) is 59.9 Å². The number of benzene rings is 2. The predicted octanol–water partition coefficient (Wildman–Crippen LogP) is 3.49. The number of nitrogens with zero attached hydrogens (tertiary/aromatic N) is 4. The first-order valence-electron chi connectivity index (χ1n) is 10.7. The zero-order valence-electron chi connectivity index (χ0n) is 17.6. The average molecular weight is 422 g/mol. The number of hydrogen-bond acceptors (Lipinski definition) is 4. The predicted molar refractivity (Wildman–Crippen MR) is 121 cm³/mol. The summed E-state index contributed by atoms with van der Waals surface area (Å²) in [6, 6.07) is 19.3. The summed E-state index contributed by atoms with van der Waals surface area (Å²) in [5, 5.41) is 9.13. The molecule has 0 aliphatic carbocycles. The van der Waals surface area contributed by atoms with Crippen LogP contribution in [-0.4, -0.2) is 29.9 Å². The zero-order chi connectivity index (χ0) is 22.1. The van der Waals surface area contributed by atoms with Crippen molar-refractivity contribution in [2.45, 2.75) is 19.3 Å². The van der Waals surface area contributed by atoms with E-state index in [4.69, 9.17) is 5.26 Å². The van der Waals surface area contributed by atoms with Crippen molar-refractivity contribution < 1.29 is 9.59 Å². The number of carbonyl (C=O) groups excluding carboxylic acids is 2. The summed E-state index contributed by atoms with van der Waals surface area (Å²) in [5.41, 5.74) is 5.64. The van der Waals surface area contributed by atoms with Gasteiger partial charge in [0, 0.05) is 43.3 Å². The Kier molecular flexibility index (Phi) is 5.16. The molecule has 0 spiro atoms. The molecule has 2 aliphatic rings. The fourth-order valence-corrected chi connectivity index (χ4v) is 4.62. The van der Waals surface area contributed by atoms with Gasteiger partial charge < -0.3 is 9.80 Å². The standard InChI is InChI=1S/C26H22N4O2/c27-15-19-3-1-5-23(13-19)30-17-22(14-25(30)31)26(32)29-10-8-21-12-18(6-7-24(21)29)11-20-4-2-9-28-16-20/h1-7,9,12-13,16,22H,8,10-11,14,17H2. The highest BCUT2D eigenvalue weighted by molar-refractivity contribution is 6.05. The van der Waals surface area contributed by atoms with E-state index in [2.05, 4.69) is 29.3 Å². The second-order valence-electron chi connectivity index (χ2n) is 8.31. The van der Waals surface area contributed by atoms with Crippen LogP contribution in [0.4, 0.5) is 11.4 Å². The first kappa shape index (κ1) is 20.0. The maximum atomic E-state index is 13.3. The fraction of sp³-hybridized carbons (Fsp3) is 0.231. The topological polar surface area (TPSA) is 77.3 Å². The number of rotatable bonds is 4. The molecule has 3 aromatic rings. The van der Waals surface area contributed by atoms with Gasteiger partial charge in [-0.2, -0.15) is 5.26 Å². The Morgan fingerprint density at radius 2 is 2.03 bits per heavy atom. The van der Waals surface area contributed by atoms with Crippen molar-refractivity contribution >= 4 is 23.2 Å². The van der Waals surface area contributed by atoms with E-state index in [1.165, 1.54) is 11.1 Å². The van der Waals surface area contributed by atoms with Crippen LogP contribution < -0.4 is 9.80 Å². The van der Waals surface area contributed by atoms with Crippen molar-refractivity contribution in [1.82, 2.24) is 4.98 Å². The highest BCUT2D eigenvalue weighted by Gasteiger charge is 2.39. The molecule has 6 nitrogen and oxygen atoms in total. The average Bonchev–Trinajstić information content (AvgIpc) is 3.42. The van der Waals surface area contributed by atoms with E-state index in [1.54, 1.807) is 35.4 Å². The zero-order valence-corrected chi connectivity index (χ0v) is 17.6. The second-order valence-corrected chi connectivity index (χ2v) is 8.31. The van der Waals surface area contributed by atoms with E-state index >= 15 is 0 Å². The Balaban J connectivity index is 1.31. The number of carbonyl (C=O) groups is 2. The van der Waals surface area contributed by atoms with Gasteiger partial charge in [-0.3, -0.25) is 14.6 Å². The van der Waals surface area contributed by atoms with Gasteiger partial charge in [-0.25, -0.2) is 0 Å². The van der Waals surface area contributed by atoms with Gasteiger partial charge in [0.05, 0.1) is 17.6 Å². The Hall–Kier alpha value is -3.98. The number of hydrogen-bond donors (Lipinski definition) is 0. The van der Waals surface area contributed by atoms with Crippen molar-refractivity contribution in [3.63, 3.8) is 0 Å². The molecule has 1 unspecified atom stereocenters. The second kappa shape index (κ2) is 8.27. The molecule has 5 rings (SSSR count). The Morgan fingerprint density at radius 3 is 2.84 bits per heavy atom. The summed E-state index contributed by atoms with van der Waals surface area (Å²) in [5.74, 6) is -0.463. The van der Waals surface area contributed by atoms with Crippen molar-refractivity contribution in [3.05, 3.63) is 89.2 Å². The number of amides is 2. The van der Waals surface area contributed by atoms with Crippen LogP contribution in [0.2, 0.25) is 0 Å². The first-order valence-corrected chi connectivity index (χ1v) is 10.7. The summed E-state index contributed by atoms with van der Waals surface area (Å²) in [6.45, 7) is 0.983. The van der Waals surface area contributed by atoms with E-state index in [-0.39, 0.29) is 24.2 Å². The maximum Gasteiger partial charge on any atom is 0.232 e. The first-order chi connectivity index (χ1) is 15.6. The van der Waals surface area contributed by atoms with Crippen LogP contribution in [0.15, 0.2) is 67.0 Å². The van der Waals surface area contributed by atoms with Crippen LogP contribution in [0.5, 0.6) is 0 Å². The van der Waals surface area contributed by atoms with Gasteiger partial charge in [0.1, 0.15) is 0 Å². The van der Waals surface area contributed by atoms with Crippen LogP contribution in [0, 0.1) is 17.2 Å². The molecule has 2 aromatic carbocycles. The van der Waals surface area contributed by atoms with Crippen LogP contribution >= 0.6 is 0 Å². The third-order valence-electron chi connectivity index (χ3n) is 6.20. The Labute approximate surface area is 186 Å². The molecule has 32 heavy (non-hydrogen) atoms. The summed E-state index contributed by atoms with van der Waals surface area (Å²) < 4.78 is 0. The van der Waals surface area contributed by atoms with Gasteiger partial charge in [-0.15, -0.1) is 0 Å². The molecule has 2 aliphatic heterocycles. The summed E-state index contributed by atoms with van der Waals surface area (Å²) in [6.07, 6.45) is 5.46. The number of aromatic nitrogens is 1. The summed E-state index contributed by atoms with van der Waals surface area (Å²) >= 11 is 0. The van der Waals surface area contributed by atoms with Gasteiger partial charge in [0.15, 0.2) is 0 Å². The normalized spacial score (nSPS) is 17.3. The van der Waals surface area contributed by atoms with E-state index in [0.717, 1.165) is 24.1 Å². The quantitative estimate of drug-likeness (QED) is 0.645. The van der Waals surface area contributed by atoms with E-state index in [0.29, 0.717) is 24.3 Å². The molecule has 158 valence electrons. The van der Waals surface area contributed by atoms with Crippen LogP contribution in [-0.2, 0) is 22.4 Å². The lowest BCUT2D eigenvalue weighted by Gasteiger charge is -2.22. The van der Waals surface area contributed by atoms with Crippen LogP contribution in [0.1, 0.15) is 28.7 Å². The van der Waals surface area contributed by atoms with Gasteiger partial charge in [-0.1, -0.05) is 24.3 Å². The highest BCUT2D eigenvalue weighted by Crippen LogP contribution is 2.33. The molecular weight excluding hydrogens is 400 g/mol. The van der Waals surface area contributed by atoms with Gasteiger partial charge in [0.2, 0.25) is 11.8 Å². The monoisotopic (exact) mass is 422 g/mol. The SMILES string of the molecule is N#Cc1cccc(N2CC(C(=O)N3CCc4cc(Cc5cccnc5)ccc43)CC2=O)c1. The minimum atomic E-state index is -0.380. The summed E-state index contributed by atoms with van der Waals surface area (Å²) in [4.78, 5) is 33.6. The molecule has 1 aromatic heterocycles. The molecule has 1 atom stereocenters.